The second kappa shape index (κ2) is 8.77. The minimum atomic E-state index is -0.353. The normalized spacial score (nSPS) is 10.2. The third-order valence-electron chi connectivity index (χ3n) is 4.07. The number of aromatic nitrogens is 2. The van der Waals surface area contributed by atoms with Gasteiger partial charge in [0.15, 0.2) is 0 Å². The Balaban J connectivity index is 1.64. The highest BCUT2D eigenvalue weighted by atomic mass is 16.2. The highest BCUT2D eigenvalue weighted by Crippen LogP contribution is 2.16. The van der Waals surface area contributed by atoms with Crippen LogP contribution in [0.3, 0.4) is 0 Å². The van der Waals surface area contributed by atoms with E-state index < -0.39 is 0 Å². The molecule has 0 aliphatic heterocycles. The number of nitrogens with one attached hydrogen (secondary N) is 2. The number of benzene rings is 1. The first-order valence-corrected chi connectivity index (χ1v) is 8.75. The predicted molar refractivity (Wildman–Crippen MR) is 108 cm³/mol. The van der Waals surface area contributed by atoms with Crippen molar-refractivity contribution in [3.8, 4) is 0 Å². The molecule has 1 aromatic carbocycles. The van der Waals surface area contributed by atoms with E-state index in [2.05, 4.69) is 20.6 Å². The first-order chi connectivity index (χ1) is 13.5. The summed E-state index contributed by atoms with van der Waals surface area (Å²) in [6.45, 7) is 0.336. The Morgan fingerprint density at radius 3 is 2.46 bits per heavy atom. The van der Waals surface area contributed by atoms with E-state index in [1.165, 1.54) is 12.3 Å². The van der Waals surface area contributed by atoms with Crippen LogP contribution in [0.15, 0.2) is 67.1 Å². The molecule has 0 spiro atoms. The lowest BCUT2D eigenvalue weighted by atomic mass is 10.2. The second-order valence-electron chi connectivity index (χ2n) is 6.37. The van der Waals surface area contributed by atoms with E-state index in [0.717, 1.165) is 11.3 Å². The van der Waals surface area contributed by atoms with Gasteiger partial charge in [0.05, 0.1) is 0 Å². The van der Waals surface area contributed by atoms with Crippen molar-refractivity contribution >= 4 is 23.2 Å². The highest BCUT2D eigenvalue weighted by molar-refractivity contribution is 6.05. The van der Waals surface area contributed by atoms with E-state index in [1.54, 1.807) is 24.5 Å². The summed E-state index contributed by atoms with van der Waals surface area (Å²) in [6, 6.07) is 14.2. The number of hydrogen-bond acceptors (Lipinski definition) is 5. The molecule has 2 aromatic heterocycles. The van der Waals surface area contributed by atoms with Gasteiger partial charge in [-0.25, -0.2) is 0 Å². The van der Waals surface area contributed by atoms with Crippen LogP contribution < -0.4 is 15.5 Å². The predicted octanol–water partition coefficient (Wildman–Crippen LogP) is 2.72. The van der Waals surface area contributed by atoms with Crippen molar-refractivity contribution in [3.05, 3.63) is 83.9 Å². The summed E-state index contributed by atoms with van der Waals surface area (Å²) in [4.78, 5) is 34.9. The van der Waals surface area contributed by atoms with Crippen molar-refractivity contribution in [2.45, 2.75) is 6.54 Å². The first kappa shape index (κ1) is 19.0. The van der Waals surface area contributed by atoms with E-state index in [9.17, 15) is 9.59 Å². The molecule has 2 N–H and O–H groups in total. The molecule has 0 saturated heterocycles. The number of hydrogen-bond donors (Lipinski definition) is 2. The van der Waals surface area contributed by atoms with E-state index in [1.807, 2.05) is 49.3 Å². The zero-order valence-electron chi connectivity index (χ0n) is 15.7. The number of anilines is 2. The van der Waals surface area contributed by atoms with Crippen molar-refractivity contribution < 1.29 is 9.59 Å². The van der Waals surface area contributed by atoms with Gasteiger partial charge in [0.25, 0.3) is 11.8 Å². The standard InChI is InChI=1S/C21H21N5O2/c1-26(2)18-7-5-17(6-8-18)25-20(27)16-9-11-23-19(12-16)21(28)24-14-15-4-3-10-22-13-15/h3-13H,14H2,1-2H3,(H,24,28)(H,25,27). The molecule has 0 aliphatic rings. The van der Waals surface area contributed by atoms with Gasteiger partial charge in [-0.1, -0.05) is 6.07 Å². The molecule has 2 amide bonds. The van der Waals surface area contributed by atoms with Crippen molar-refractivity contribution in [2.75, 3.05) is 24.3 Å². The van der Waals surface area contributed by atoms with Crippen LogP contribution in [0.2, 0.25) is 0 Å². The van der Waals surface area contributed by atoms with Gasteiger partial charge >= 0.3 is 0 Å². The fraction of sp³-hybridized carbons (Fsp3) is 0.143. The van der Waals surface area contributed by atoms with Crippen molar-refractivity contribution in [3.63, 3.8) is 0 Å². The molecule has 0 aliphatic carbocycles. The maximum Gasteiger partial charge on any atom is 0.270 e. The summed E-state index contributed by atoms with van der Waals surface area (Å²) in [6.07, 6.45) is 4.80. The Morgan fingerprint density at radius 1 is 1.00 bits per heavy atom. The van der Waals surface area contributed by atoms with Gasteiger partial charge < -0.3 is 15.5 Å². The fourth-order valence-corrected chi connectivity index (χ4v) is 2.52. The van der Waals surface area contributed by atoms with Gasteiger partial charge in [0.2, 0.25) is 0 Å². The van der Waals surface area contributed by atoms with E-state index in [0.29, 0.717) is 17.8 Å². The minimum absolute atomic E-state index is 0.180. The van der Waals surface area contributed by atoms with Crippen LogP contribution in [-0.2, 0) is 6.54 Å². The van der Waals surface area contributed by atoms with Crippen molar-refractivity contribution in [1.29, 1.82) is 0 Å². The van der Waals surface area contributed by atoms with Gasteiger partial charge in [-0.2, -0.15) is 0 Å². The number of carbonyl (C=O) groups is 2. The minimum Gasteiger partial charge on any atom is -0.378 e. The quantitative estimate of drug-likeness (QED) is 0.692. The molecule has 0 atom stereocenters. The van der Waals surface area contributed by atoms with Crippen LogP contribution in [0.1, 0.15) is 26.4 Å². The summed E-state index contributed by atoms with van der Waals surface area (Å²) in [7, 11) is 3.90. The molecule has 7 nitrogen and oxygen atoms in total. The zero-order valence-corrected chi connectivity index (χ0v) is 15.7. The third kappa shape index (κ3) is 4.91. The summed E-state index contributed by atoms with van der Waals surface area (Å²) in [5.74, 6) is -0.657. The zero-order chi connectivity index (χ0) is 19.9. The van der Waals surface area contributed by atoms with Crippen LogP contribution in [0.25, 0.3) is 0 Å². The van der Waals surface area contributed by atoms with Crippen LogP contribution in [0.5, 0.6) is 0 Å². The number of amides is 2. The Morgan fingerprint density at radius 2 is 1.79 bits per heavy atom. The molecule has 3 aromatic rings. The maximum atomic E-state index is 12.5. The summed E-state index contributed by atoms with van der Waals surface area (Å²) >= 11 is 0. The molecule has 0 fully saturated rings. The molecular formula is C21H21N5O2. The first-order valence-electron chi connectivity index (χ1n) is 8.75. The number of pyridine rings is 2. The molecule has 0 unspecified atom stereocenters. The van der Waals surface area contributed by atoms with Crippen molar-refractivity contribution in [2.24, 2.45) is 0 Å². The average Bonchev–Trinajstić information content (AvgIpc) is 2.73. The lowest BCUT2D eigenvalue weighted by Gasteiger charge is -2.13. The van der Waals surface area contributed by atoms with E-state index in [-0.39, 0.29) is 17.5 Å². The molecule has 0 radical (unpaired) electrons. The van der Waals surface area contributed by atoms with Gasteiger partial charge in [0.1, 0.15) is 5.69 Å². The van der Waals surface area contributed by atoms with Gasteiger partial charge in [-0.05, 0) is 48.0 Å². The molecule has 2 heterocycles. The Bertz CT molecular complexity index is 956. The Hall–Kier alpha value is -3.74. The van der Waals surface area contributed by atoms with Crippen LogP contribution >= 0.6 is 0 Å². The fourth-order valence-electron chi connectivity index (χ4n) is 2.52. The lowest BCUT2D eigenvalue weighted by molar-refractivity contribution is 0.0946. The third-order valence-corrected chi connectivity index (χ3v) is 4.07. The highest BCUT2D eigenvalue weighted by Gasteiger charge is 2.12. The molecular weight excluding hydrogens is 354 g/mol. The lowest BCUT2D eigenvalue weighted by Crippen LogP contribution is -2.24. The largest absolute Gasteiger partial charge is 0.378 e. The molecule has 0 bridgehead atoms. The number of rotatable bonds is 6. The Labute approximate surface area is 163 Å². The molecule has 3 rings (SSSR count). The smallest absolute Gasteiger partial charge is 0.270 e. The van der Waals surface area contributed by atoms with Crippen LogP contribution in [0.4, 0.5) is 11.4 Å². The van der Waals surface area contributed by atoms with Gasteiger partial charge in [-0.3, -0.25) is 19.6 Å². The van der Waals surface area contributed by atoms with E-state index >= 15 is 0 Å². The molecule has 7 heteroatoms. The SMILES string of the molecule is CN(C)c1ccc(NC(=O)c2ccnc(C(=O)NCc3cccnc3)c2)cc1. The number of carbonyl (C=O) groups excluding carboxylic acids is 2. The van der Waals surface area contributed by atoms with Crippen molar-refractivity contribution in [1.82, 2.24) is 15.3 Å². The summed E-state index contributed by atoms with van der Waals surface area (Å²) < 4.78 is 0. The average molecular weight is 375 g/mol. The maximum absolute atomic E-state index is 12.5. The van der Waals surface area contributed by atoms with Gasteiger partial charge in [-0.15, -0.1) is 0 Å². The summed E-state index contributed by atoms with van der Waals surface area (Å²) in [5, 5.41) is 5.59. The topological polar surface area (TPSA) is 87.2 Å². The van der Waals surface area contributed by atoms with Crippen LogP contribution in [-0.4, -0.2) is 35.9 Å². The Kier molecular flexibility index (Phi) is 5.96. The van der Waals surface area contributed by atoms with E-state index in [4.69, 9.17) is 0 Å². The van der Waals surface area contributed by atoms with Gasteiger partial charge in [0, 0.05) is 56.2 Å². The molecule has 0 saturated carbocycles. The molecule has 28 heavy (non-hydrogen) atoms. The molecule has 142 valence electrons. The number of nitrogens with zero attached hydrogens (tertiary/aromatic N) is 3. The second-order valence-corrected chi connectivity index (χ2v) is 6.37. The summed E-state index contributed by atoms with van der Waals surface area (Å²) in [5.41, 5.74) is 3.13. The van der Waals surface area contributed by atoms with Crippen LogP contribution in [0, 0.1) is 0 Å². The monoisotopic (exact) mass is 375 g/mol.